The number of carbonyl (C=O) groups is 1. The zero-order valence-corrected chi connectivity index (χ0v) is 16.2. The molecule has 2 bridgehead atoms. The van der Waals surface area contributed by atoms with Gasteiger partial charge in [-0.1, -0.05) is 36.8 Å². The lowest BCUT2D eigenvalue weighted by Gasteiger charge is -2.55. The molecule has 7 nitrogen and oxygen atoms in total. The monoisotopic (exact) mass is 380 g/mol. The first-order valence-corrected chi connectivity index (χ1v) is 10.5. The number of likely N-dealkylation sites (tertiary alicyclic amines) is 1. The second-order valence-corrected chi connectivity index (χ2v) is 8.71. The maximum Gasteiger partial charge on any atom is 0.244 e. The highest BCUT2D eigenvalue weighted by Gasteiger charge is 2.45. The molecule has 3 aliphatic heterocycles. The maximum atomic E-state index is 12.8. The molecule has 3 saturated heterocycles. The van der Waals surface area contributed by atoms with Crippen molar-refractivity contribution in [2.75, 3.05) is 19.6 Å². The van der Waals surface area contributed by atoms with E-state index in [1.54, 1.807) is 0 Å². The molecule has 28 heavy (non-hydrogen) atoms. The highest BCUT2D eigenvalue weighted by Crippen LogP contribution is 2.40. The third kappa shape index (κ3) is 3.55. The summed E-state index contributed by atoms with van der Waals surface area (Å²) in [7, 11) is 0. The molecule has 0 radical (unpaired) electrons. The average molecular weight is 380 g/mol. The number of tetrazole rings is 1. The van der Waals surface area contributed by atoms with Gasteiger partial charge in [0.2, 0.25) is 5.91 Å². The first-order chi connectivity index (χ1) is 13.8. The molecule has 0 unspecified atom stereocenters. The largest absolute Gasteiger partial charge is 0.340 e. The van der Waals surface area contributed by atoms with Crippen LogP contribution in [0.25, 0.3) is 0 Å². The molecule has 1 amide bonds. The first-order valence-electron chi connectivity index (χ1n) is 10.5. The van der Waals surface area contributed by atoms with E-state index < -0.39 is 0 Å². The standard InChI is InChI=1S/C21H28N6O/c28-21(14-26-15-22-23-24-26)25-11-17-9-18(13-25)20-8-4-7-19(27(20)12-17)10-16-5-2-1-3-6-16/h1-3,5-6,15,17-20H,4,7-14H2/t17-,18+,19+,20-/m0/s1. The van der Waals surface area contributed by atoms with Crippen molar-refractivity contribution >= 4 is 5.91 Å². The summed E-state index contributed by atoms with van der Waals surface area (Å²) in [6.07, 6.45) is 7.81. The van der Waals surface area contributed by atoms with E-state index in [2.05, 4.69) is 55.7 Å². The lowest BCUT2D eigenvalue weighted by Crippen LogP contribution is -2.62. The molecule has 4 heterocycles. The maximum absolute atomic E-state index is 12.8. The van der Waals surface area contributed by atoms with Gasteiger partial charge in [-0.25, -0.2) is 4.68 Å². The van der Waals surface area contributed by atoms with Gasteiger partial charge in [-0.15, -0.1) is 5.10 Å². The van der Waals surface area contributed by atoms with Crippen molar-refractivity contribution in [2.24, 2.45) is 11.8 Å². The van der Waals surface area contributed by atoms with Crippen LogP contribution in [0.3, 0.4) is 0 Å². The van der Waals surface area contributed by atoms with Gasteiger partial charge in [0, 0.05) is 31.7 Å². The fourth-order valence-corrected chi connectivity index (χ4v) is 5.71. The lowest BCUT2D eigenvalue weighted by molar-refractivity contribution is -0.139. The predicted molar refractivity (Wildman–Crippen MR) is 104 cm³/mol. The van der Waals surface area contributed by atoms with Crippen LogP contribution in [-0.4, -0.2) is 67.6 Å². The third-order valence-electron chi connectivity index (χ3n) is 6.87. The Morgan fingerprint density at radius 2 is 2.00 bits per heavy atom. The molecule has 1 aromatic heterocycles. The number of carbonyl (C=O) groups excluding carboxylic acids is 1. The Morgan fingerprint density at radius 1 is 1.11 bits per heavy atom. The molecule has 0 aliphatic carbocycles. The van der Waals surface area contributed by atoms with Crippen molar-refractivity contribution in [1.29, 1.82) is 0 Å². The number of benzene rings is 1. The Morgan fingerprint density at radius 3 is 2.82 bits per heavy atom. The van der Waals surface area contributed by atoms with E-state index in [9.17, 15) is 4.79 Å². The minimum absolute atomic E-state index is 0.145. The van der Waals surface area contributed by atoms with Crippen LogP contribution in [0.1, 0.15) is 31.2 Å². The van der Waals surface area contributed by atoms with Crippen molar-refractivity contribution in [3.63, 3.8) is 0 Å². The zero-order valence-electron chi connectivity index (χ0n) is 16.2. The van der Waals surface area contributed by atoms with E-state index in [1.165, 1.54) is 42.3 Å². The van der Waals surface area contributed by atoms with Gasteiger partial charge in [0.25, 0.3) is 0 Å². The summed E-state index contributed by atoms with van der Waals surface area (Å²) in [6.45, 7) is 3.14. The van der Waals surface area contributed by atoms with Gasteiger partial charge in [-0.2, -0.15) is 0 Å². The number of aromatic nitrogens is 4. The fraction of sp³-hybridized carbons (Fsp3) is 0.619. The molecule has 2 aromatic rings. The average Bonchev–Trinajstić information content (AvgIpc) is 3.22. The van der Waals surface area contributed by atoms with Crippen LogP contribution in [0.5, 0.6) is 0 Å². The van der Waals surface area contributed by atoms with E-state index >= 15 is 0 Å². The summed E-state index contributed by atoms with van der Waals surface area (Å²) in [5.41, 5.74) is 1.45. The number of piperidine rings is 3. The molecular formula is C21H28N6O. The van der Waals surface area contributed by atoms with Crippen LogP contribution in [0.4, 0.5) is 0 Å². The smallest absolute Gasteiger partial charge is 0.244 e. The molecular weight excluding hydrogens is 352 g/mol. The van der Waals surface area contributed by atoms with Gasteiger partial charge in [-0.3, -0.25) is 9.69 Å². The number of nitrogens with zero attached hydrogens (tertiary/aromatic N) is 6. The van der Waals surface area contributed by atoms with Gasteiger partial charge >= 0.3 is 0 Å². The molecule has 0 spiro atoms. The number of fused-ring (bicyclic) bond motifs is 4. The first kappa shape index (κ1) is 17.8. The highest BCUT2D eigenvalue weighted by molar-refractivity contribution is 5.76. The van der Waals surface area contributed by atoms with E-state index in [4.69, 9.17) is 0 Å². The normalized spacial score (nSPS) is 30.1. The molecule has 1 aromatic carbocycles. The van der Waals surface area contributed by atoms with Gasteiger partial charge in [0.15, 0.2) is 0 Å². The van der Waals surface area contributed by atoms with Gasteiger partial charge in [0.05, 0.1) is 0 Å². The zero-order chi connectivity index (χ0) is 18.9. The minimum atomic E-state index is 0.145. The third-order valence-corrected chi connectivity index (χ3v) is 6.87. The fourth-order valence-electron chi connectivity index (χ4n) is 5.71. The van der Waals surface area contributed by atoms with Gasteiger partial charge in [0.1, 0.15) is 12.9 Å². The van der Waals surface area contributed by atoms with E-state index in [0.29, 0.717) is 23.9 Å². The summed E-state index contributed by atoms with van der Waals surface area (Å²) in [5, 5.41) is 11.1. The van der Waals surface area contributed by atoms with Crippen LogP contribution < -0.4 is 0 Å². The SMILES string of the molecule is O=C(Cn1cnnn1)N1C[C@@H]2C[C@H](C1)[C@@H]1CCC[C@H](Cc3ccccc3)N1C2. The van der Waals surface area contributed by atoms with Gasteiger partial charge < -0.3 is 4.90 Å². The topological polar surface area (TPSA) is 67.2 Å². The Labute approximate surface area is 165 Å². The second-order valence-electron chi connectivity index (χ2n) is 8.71. The number of hydrogen-bond acceptors (Lipinski definition) is 5. The Hall–Kier alpha value is -2.28. The van der Waals surface area contributed by atoms with E-state index in [0.717, 1.165) is 26.1 Å². The molecule has 3 aliphatic rings. The summed E-state index contributed by atoms with van der Waals surface area (Å²) in [6, 6.07) is 12.2. The molecule has 5 rings (SSSR count). The van der Waals surface area contributed by atoms with Crippen LogP contribution in [0, 0.1) is 11.8 Å². The van der Waals surface area contributed by atoms with Crippen molar-refractivity contribution in [2.45, 2.75) is 50.7 Å². The van der Waals surface area contributed by atoms with Crippen molar-refractivity contribution in [3.8, 4) is 0 Å². The van der Waals surface area contributed by atoms with Crippen LogP contribution >= 0.6 is 0 Å². The van der Waals surface area contributed by atoms with Crippen molar-refractivity contribution in [1.82, 2.24) is 30.0 Å². The molecule has 0 saturated carbocycles. The molecule has 148 valence electrons. The summed E-state index contributed by atoms with van der Waals surface area (Å²) in [5.74, 6) is 1.33. The Balaban J connectivity index is 1.27. The number of hydrogen-bond donors (Lipinski definition) is 0. The molecule has 4 atom stereocenters. The number of rotatable bonds is 4. The molecule has 0 N–H and O–H groups in total. The molecule has 3 fully saturated rings. The second kappa shape index (κ2) is 7.62. The minimum Gasteiger partial charge on any atom is -0.340 e. The van der Waals surface area contributed by atoms with E-state index in [-0.39, 0.29) is 12.5 Å². The van der Waals surface area contributed by atoms with Crippen LogP contribution in [0.2, 0.25) is 0 Å². The Bertz CT molecular complexity index is 794. The summed E-state index contributed by atoms with van der Waals surface area (Å²) in [4.78, 5) is 17.6. The summed E-state index contributed by atoms with van der Waals surface area (Å²) >= 11 is 0. The summed E-state index contributed by atoms with van der Waals surface area (Å²) < 4.78 is 1.52. The van der Waals surface area contributed by atoms with E-state index in [1.807, 2.05) is 0 Å². The predicted octanol–water partition coefficient (Wildman–Crippen LogP) is 1.62. The van der Waals surface area contributed by atoms with Crippen molar-refractivity contribution < 1.29 is 4.79 Å². The van der Waals surface area contributed by atoms with Gasteiger partial charge in [-0.05, 0) is 53.5 Å². The Kier molecular flexibility index (Phi) is 4.84. The quantitative estimate of drug-likeness (QED) is 0.806. The van der Waals surface area contributed by atoms with Crippen LogP contribution in [0.15, 0.2) is 36.7 Å². The lowest BCUT2D eigenvalue weighted by atomic mass is 9.74. The number of amides is 1. The molecule has 7 heteroatoms. The van der Waals surface area contributed by atoms with Crippen molar-refractivity contribution in [3.05, 3.63) is 42.2 Å². The highest BCUT2D eigenvalue weighted by atomic mass is 16.2. The van der Waals surface area contributed by atoms with Crippen LogP contribution in [-0.2, 0) is 17.8 Å².